The Balaban J connectivity index is 1.33. The van der Waals surface area contributed by atoms with E-state index in [1.807, 2.05) is 36.2 Å². The third kappa shape index (κ3) is 7.54. The molecule has 0 aromatic heterocycles. The number of hydrogen-bond donors (Lipinski definition) is 0. The third-order valence-corrected chi connectivity index (χ3v) is 11.7. The molecule has 1 aromatic rings. The molecular formula is C36H52ClF2N5O4. The van der Waals surface area contributed by atoms with Gasteiger partial charge >= 0.3 is 0 Å². The van der Waals surface area contributed by atoms with Crippen molar-refractivity contribution in [3.63, 3.8) is 0 Å². The number of likely N-dealkylation sites (N-methyl/N-ethyl adjacent to an activating group) is 1. The fourth-order valence-electron chi connectivity index (χ4n) is 8.49. The fraction of sp³-hybridized carbons (Fsp3) is 0.750. The highest BCUT2D eigenvalue weighted by Gasteiger charge is 2.52. The van der Waals surface area contributed by atoms with E-state index < -0.39 is 30.0 Å². The normalized spacial score (nSPS) is 30.6. The molecule has 5 aliphatic rings. The second kappa shape index (κ2) is 14.1. The van der Waals surface area contributed by atoms with Gasteiger partial charge in [-0.05, 0) is 77.6 Å². The average molecular weight is 692 g/mol. The lowest BCUT2D eigenvalue weighted by molar-refractivity contribution is -0.150. The lowest BCUT2D eigenvalue weighted by atomic mass is 9.87. The Labute approximate surface area is 288 Å². The summed E-state index contributed by atoms with van der Waals surface area (Å²) in [6.07, 6.45) is 0.857. The molecule has 1 aromatic carbocycles. The number of halogens is 3. The van der Waals surface area contributed by atoms with Crippen LogP contribution in [0.2, 0.25) is 5.02 Å². The van der Waals surface area contributed by atoms with E-state index in [2.05, 4.69) is 30.6 Å². The van der Waals surface area contributed by atoms with Crippen molar-refractivity contribution in [1.82, 2.24) is 24.5 Å². The minimum Gasteiger partial charge on any atom is -0.368 e. The van der Waals surface area contributed by atoms with E-state index in [9.17, 15) is 23.2 Å². The van der Waals surface area contributed by atoms with E-state index in [-0.39, 0.29) is 67.4 Å². The summed E-state index contributed by atoms with van der Waals surface area (Å²) in [5.41, 5.74) is 0.857. The molecule has 6 rings (SSSR count). The summed E-state index contributed by atoms with van der Waals surface area (Å²) in [5, 5.41) is 0.629. The molecule has 5 atom stereocenters. The monoisotopic (exact) mass is 691 g/mol. The predicted molar refractivity (Wildman–Crippen MR) is 180 cm³/mol. The van der Waals surface area contributed by atoms with Gasteiger partial charge in [-0.25, -0.2) is 8.78 Å². The Morgan fingerprint density at radius 3 is 2.19 bits per heavy atom. The van der Waals surface area contributed by atoms with Crippen LogP contribution in [0, 0.1) is 5.92 Å². The first-order valence-electron chi connectivity index (χ1n) is 17.8. The predicted octanol–water partition coefficient (Wildman–Crippen LogP) is 4.48. The molecule has 1 saturated carbocycles. The summed E-state index contributed by atoms with van der Waals surface area (Å²) in [5.74, 6) is -3.61. The Morgan fingerprint density at radius 1 is 0.917 bits per heavy atom. The van der Waals surface area contributed by atoms with Crippen LogP contribution in [-0.4, -0.2) is 137 Å². The SMILES string of the molecule is CN1CCN(C(=O)[C@@H]2CC(N(C(=O)[C@@H]3CCCO3)C3CCC(F)(F)CC3)CN2C(=O)[C@@H]2CN(C(C)(C)C)C[C@H]2c2ccc(Cl)cc2)CC1. The number of alkyl halides is 2. The van der Waals surface area contributed by atoms with Crippen LogP contribution in [0.4, 0.5) is 8.78 Å². The number of likely N-dealkylation sites (tertiary alicyclic amines) is 2. The summed E-state index contributed by atoms with van der Waals surface area (Å²) < 4.78 is 34.5. The van der Waals surface area contributed by atoms with Gasteiger partial charge in [-0.1, -0.05) is 23.7 Å². The van der Waals surface area contributed by atoms with Gasteiger partial charge in [-0.15, -0.1) is 0 Å². The first-order valence-corrected chi connectivity index (χ1v) is 18.2. The molecule has 0 bridgehead atoms. The van der Waals surface area contributed by atoms with Crippen molar-refractivity contribution in [2.75, 3.05) is 59.5 Å². The van der Waals surface area contributed by atoms with Crippen molar-refractivity contribution in [2.45, 2.75) is 107 Å². The zero-order valence-electron chi connectivity index (χ0n) is 28.9. The number of rotatable bonds is 6. The zero-order valence-corrected chi connectivity index (χ0v) is 29.6. The number of hydrogen-bond acceptors (Lipinski definition) is 6. The minimum absolute atomic E-state index is 0.0867. The van der Waals surface area contributed by atoms with Crippen LogP contribution in [-0.2, 0) is 19.1 Å². The molecule has 1 unspecified atom stereocenters. The summed E-state index contributed by atoms with van der Waals surface area (Å²) in [6, 6.07) is 6.10. The molecule has 9 nitrogen and oxygen atoms in total. The second-order valence-corrected chi connectivity index (χ2v) is 16.1. The smallest absolute Gasteiger partial charge is 0.252 e. The van der Waals surface area contributed by atoms with E-state index in [1.54, 1.807) is 9.80 Å². The number of amides is 3. The first kappa shape index (κ1) is 35.5. The Hall–Kier alpha value is -2.34. The van der Waals surface area contributed by atoms with E-state index in [0.29, 0.717) is 50.7 Å². The molecule has 0 radical (unpaired) electrons. The van der Waals surface area contributed by atoms with Gasteiger partial charge in [-0.3, -0.25) is 19.3 Å². The number of benzene rings is 1. The topological polar surface area (TPSA) is 76.6 Å². The summed E-state index contributed by atoms with van der Waals surface area (Å²) in [4.78, 5) is 53.3. The number of ether oxygens (including phenoxy) is 1. The van der Waals surface area contributed by atoms with Crippen molar-refractivity contribution in [1.29, 1.82) is 0 Å². The van der Waals surface area contributed by atoms with Gasteiger partial charge in [0.1, 0.15) is 12.1 Å². The molecule has 3 amide bonds. The number of carbonyl (C=O) groups is 3. The highest BCUT2D eigenvalue weighted by Crippen LogP contribution is 2.41. The zero-order chi connectivity index (χ0) is 34.4. The van der Waals surface area contributed by atoms with Crippen molar-refractivity contribution in [2.24, 2.45) is 5.92 Å². The van der Waals surface area contributed by atoms with Crippen LogP contribution in [0.5, 0.6) is 0 Å². The molecule has 4 aliphatic heterocycles. The maximum absolute atomic E-state index is 14.9. The first-order chi connectivity index (χ1) is 22.7. The van der Waals surface area contributed by atoms with Gasteiger partial charge in [0.15, 0.2) is 0 Å². The minimum atomic E-state index is -2.75. The van der Waals surface area contributed by atoms with Crippen LogP contribution in [0.25, 0.3) is 0 Å². The Kier molecular flexibility index (Phi) is 10.4. The summed E-state index contributed by atoms with van der Waals surface area (Å²) in [6.45, 7) is 11.0. The lowest BCUT2D eigenvalue weighted by Gasteiger charge is -2.41. The molecule has 1 aliphatic carbocycles. The van der Waals surface area contributed by atoms with Crippen molar-refractivity contribution >= 4 is 29.3 Å². The van der Waals surface area contributed by atoms with Gasteiger partial charge in [-0.2, -0.15) is 0 Å². The summed E-state index contributed by atoms with van der Waals surface area (Å²) in [7, 11) is 2.03. The molecule has 4 saturated heterocycles. The number of carbonyl (C=O) groups excluding carboxylic acids is 3. The second-order valence-electron chi connectivity index (χ2n) is 15.7. The van der Waals surface area contributed by atoms with Crippen molar-refractivity contribution in [3.05, 3.63) is 34.9 Å². The average Bonchev–Trinajstić information content (AvgIpc) is 3.82. The molecule has 12 heteroatoms. The fourth-order valence-corrected chi connectivity index (χ4v) is 8.62. The summed E-state index contributed by atoms with van der Waals surface area (Å²) >= 11 is 6.24. The molecule has 5 fully saturated rings. The molecule has 4 heterocycles. The van der Waals surface area contributed by atoms with Gasteiger partial charge < -0.3 is 24.3 Å². The molecule has 0 spiro atoms. The van der Waals surface area contributed by atoms with E-state index >= 15 is 0 Å². The van der Waals surface area contributed by atoms with E-state index in [1.165, 1.54) is 0 Å². The standard InChI is InChI=1S/C36H52ClF2N5O4/c1-35(2,3)42-22-28(24-7-9-25(37)10-8-24)29(23-42)32(45)43-21-27(20-30(43)33(46)41-17-15-40(4)16-18-41)44(34(47)31-6-5-19-48-31)26-11-13-36(38,39)14-12-26/h7-10,26-31H,5-6,11-23H2,1-4H3/t27?,28-,29+,30-,31-/m0/s1. The van der Waals surface area contributed by atoms with Crippen molar-refractivity contribution < 1.29 is 27.9 Å². The van der Waals surface area contributed by atoms with Gasteiger partial charge in [0.05, 0.1) is 12.0 Å². The number of piperazine rings is 1. The highest BCUT2D eigenvalue weighted by molar-refractivity contribution is 6.30. The van der Waals surface area contributed by atoms with Gasteiger partial charge in [0.25, 0.3) is 5.91 Å². The quantitative estimate of drug-likeness (QED) is 0.438. The Morgan fingerprint density at radius 2 is 1.58 bits per heavy atom. The van der Waals surface area contributed by atoms with Crippen molar-refractivity contribution in [3.8, 4) is 0 Å². The van der Waals surface area contributed by atoms with Crippen LogP contribution in [0.15, 0.2) is 24.3 Å². The largest absolute Gasteiger partial charge is 0.368 e. The molecule has 266 valence electrons. The van der Waals surface area contributed by atoms with E-state index in [4.69, 9.17) is 16.3 Å². The lowest BCUT2D eigenvalue weighted by Crippen LogP contribution is -2.54. The molecular weight excluding hydrogens is 640 g/mol. The van der Waals surface area contributed by atoms with Gasteiger partial charge in [0, 0.05) is 87.8 Å². The maximum Gasteiger partial charge on any atom is 0.252 e. The maximum atomic E-state index is 14.9. The van der Waals surface area contributed by atoms with Gasteiger partial charge in [0.2, 0.25) is 17.7 Å². The third-order valence-electron chi connectivity index (χ3n) is 11.5. The van der Waals surface area contributed by atoms with E-state index in [0.717, 1.165) is 25.1 Å². The Bertz CT molecular complexity index is 1320. The van der Waals surface area contributed by atoms with Crippen LogP contribution in [0.3, 0.4) is 0 Å². The van der Waals surface area contributed by atoms with Crippen LogP contribution in [0.1, 0.15) is 77.2 Å². The van der Waals surface area contributed by atoms with Crippen LogP contribution >= 0.6 is 11.6 Å². The number of nitrogens with zero attached hydrogens (tertiary/aromatic N) is 5. The molecule has 48 heavy (non-hydrogen) atoms. The van der Waals surface area contributed by atoms with Crippen LogP contribution < -0.4 is 0 Å². The highest BCUT2D eigenvalue weighted by atomic mass is 35.5. The molecule has 0 N–H and O–H groups in total.